The third-order valence-electron chi connectivity index (χ3n) is 10.5. The van der Waals surface area contributed by atoms with Crippen LogP contribution in [0.2, 0.25) is 0 Å². The predicted octanol–water partition coefficient (Wildman–Crippen LogP) is 10.2. The topological polar surface area (TPSA) is 66.8 Å². The fourth-order valence-electron chi connectivity index (χ4n) is 8.19. The van der Waals surface area contributed by atoms with Crippen LogP contribution in [-0.4, -0.2) is 29.6 Å². The van der Waals surface area contributed by atoms with Crippen molar-refractivity contribution >= 4 is 39.9 Å². The lowest BCUT2D eigenvalue weighted by molar-refractivity contribution is -0.143. The van der Waals surface area contributed by atoms with Crippen molar-refractivity contribution in [2.75, 3.05) is 11.5 Å². The highest BCUT2D eigenvalue weighted by Crippen LogP contribution is 2.52. The number of allylic oxidation sites excluding steroid dienone is 2. The molecule has 11 heteroatoms. The molecule has 0 aromatic heterocycles. The number of carbonyl (C=O) groups is 2. The van der Waals surface area contributed by atoms with Crippen LogP contribution in [0.5, 0.6) is 5.75 Å². The fourth-order valence-corrected chi connectivity index (χ4v) is 8.19. The first-order valence-electron chi connectivity index (χ1n) is 17.2. The van der Waals surface area contributed by atoms with Crippen molar-refractivity contribution in [2.45, 2.75) is 57.5 Å². The molecule has 2 fully saturated rings. The van der Waals surface area contributed by atoms with Gasteiger partial charge in [-0.1, -0.05) is 85.7 Å². The van der Waals surface area contributed by atoms with Crippen molar-refractivity contribution in [1.82, 2.24) is 0 Å². The smallest absolute Gasteiger partial charge is 0.416 e. The van der Waals surface area contributed by atoms with Crippen molar-refractivity contribution in [3.8, 4) is 5.75 Å². The summed E-state index contributed by atoms with van der Waals surface area (Å²) in [5, 5.41) is 12.1. The molecule has 3 aliphatic rings. The summed E-state index contributed by atoms with van der Waals surface area (Å²) in [6.45, 7) is 2.08. The summed E-state index contributed by atoms with van der Waals surface area (Å²) in [4.78, 5) is 28.3. The third kappa shape index (κ3) is 6.51. The van der Waals surface area contributed by atoms with Gasteiger partial charge in [-0.3, -0.25) is 9.59 Å². The van der Waals surface area contributed by atoms with Crippen molar-refractivity contribution in [3.05, 3.63) is 118 Å². The second kappa shape index (κ2) is 13.6. The lowest BCUT2D eigenvalue weighted by atomic mass is 9.68. The molecular weight excluding hydrogens is 684 g/mol. The first-order valence-corrected chi connectivity index (χ1v) is 17.2. The minimum Gasteiger partial charge on any atom is -0.507 e. The zero-order valence-corrected chi connectivity index (χ0v) is 28.1. The molecule has 0 unspecified atom stereocenters. The van der Waals surface area contributed by atoms with E-state index in [4.69, 9.17) is 4.74 Å². The Bertz CT molecular complexity index is 2070. The molecule has 0 bridgehead atoms. The average molecular weight is 720 g/mol. The van der Waals surface area contributed by atoms with Gasteiger partial charge < -0.3 is 9.84 Å². The largest absolute Gasteiger partial charge is 0.507 e. The first kappa shape index (κ1) is 35.5. The Hall–Kier alpha value is -4.90. The lowest BCUT2D eigenvalue weighted by Gasteiger charge is -2.32. The Morgan fingerprint density at radius 3 is 2.15 bits per heavy atom. The summed E-state index contributed by atoms with van der Waals surface area (Å²) in [5.41, 5.74) is 0.866. The Kier molecular flexibility index (Phi) is 9.27. The Morgan fingerprint density at radius 2 is 1.50 bits per heavy atom. The standard InChI is InChI=1S/C41H35F6NO4/c1-2-8-26-18-32-37(39(51)48(38(32)50)29-20-27(40(42,43)44)19-28(21-29)41(45,46)47)33-22-52-35(36(26)33)16-14-24(23-9-4-3-5-10-23)17-25-13-15-34(49)31-12-7-6-11-30(25)31/h3-7,9-13,15,17,19-21,32-33,35,37,49H,2,8,14,16,18,22H2,1H3/b24-17-/t32-,33+,35-,37-/m1/s1. The summed E-state index contributed by atoms with van der Waals surface area (Å²) in [6, 6.07) is 21.8. The summed E-state index contributed by atoms with van der Waals surface area (Å²) < 4.78 is 88.7. The van der Waals surface area contributed by atoms with Crippen molar-refractivity contribution < 1.29 is 45.8 Å². The van der Waals surface area contributed by atoms with Crippen molar-refractivity contribution in [2.24, 2.45) is 17.8 Å². The number of imide groups is 1. The van der Waals surface area contributed by atoms with Crippen molar-refractivity contribution in [1.29, 1.82) is 0 Å². The number of carbonyl (C=O) groups excluding carboxylic acids is 2. The molecule has 0 saturated carbocycles. The molecule has 2 aliphatic heterocycles. The van der Waals surface area contributed by atoms with E-state index in [2.05, 4.69) is 6.08 Å². The molecule has 1 aliphatic carbocycles. The van der Waals surface area contributed by atoms with Gasteiger partial charge in [0.15, 0.2) is 0 Å². The number of ether oxygens (including phenoxy) is 1. The van der Waals surface area contributed by atoms with E-state index in [1.54, 1.807) is 6.07 Å². The lowest BCUT2D eigenvalue weighted by Crippen LogP contribution is -2.34. The van der Waals surface area contributed by atoms with E-state index >= 15 is 0 Å². The molecule has 2 heterocycles. The van der Waals surface area contributed by atoms with E-state index in [1.807, 2.05) is 67.6 Å². The van der Waals surface area contributed by atoms with E-state index in [1.165, 1.54) is 0 Å². The molecule has 2 saturated heterocycles. The summed E-state index contributed by atoms with van der Waals surface area (Å²) >= 11 is 0. The number of amides is 2. The fraction of sp³-hybridized carbons (Fsp3) is 0.317. The molecule has 4 aromatic carbocycles. The van der Waals surface area contributed by atoms with Crippen LogP contribution in [0.4, 0.5) is 32.0 Å². The maximum atomic E-state index is 14.0. The first-order chi connectivity index (χ1) is 24.8. The number of alkyl halides is 6. The Balaban J connectivity index is 1.21. The maximum absolute atomic E-state index is 14.0. The highest BCUT2D eigenvalue weighted by Gasteiger charge is 2.57. The average Bonchev–Trinajstić information content (AvgIpc) is 3.65. The molecule has 0 radical (unpaired) electrons. The second-order valence-electron chi connectivity index (χ2n) is 13.6. The van der Waals surface area contributed by atoms with E-state index in [9.17, 15) is 41.0 Å². The molecule has 7 rings (SSSR count). The number of anilines is 1. The van der Waals surface area contributed by atoms with E-state index in [0.29, 0.717) is 36.3 Å². The molecule has 4 aromatic rings. The number of benzene rings is 4. The zero-order chi connectivity index (χ0) is 36.9. The van der Waals surface area contributed by atoms with Crippen LogP contribution in [0.25, 0.3) is 22.4 Å². The highest BCUT2D eigenvalue weighted by molar-refractivity contribution is 6.22. The van der Waals surface area contributed by atoms with Gasteiger partial charge in [0.25, 0.3) is 0 Å². The van der Waals surface area contributed by atoms with Gasteiger partial charge in [0.05, 0.1) is 41.4 Å². The van der Waals surface area contributed by atoms with Gasteiger partial charge >= 0.3 is 12.4 Å². The molecule has 5 nitrogen and oxygen atoms in total. The van der Waals surface area contributed by atoms with Gasteiger partial charge in [-0.15, -0.1) is 0 Å². The number of rotatable bonds is 8. The molecule has 4 atom stereocenters. The van der Waals surface area contributed by atoms with Gasteiger partial charge in [-0.25, -0.2) is 4.90 Å². The predicted molar refractivity (Wildman–Crippen MR) is 185 cm³/mol. The third-order valence-corrected chi connectivity index (χ3v) is 10.5. The molecular formula is C41H35F6NO4. The van der Waals surface area contributed by atoms with Gasteiger partial charge in [-0.2, -0.15) is 26.3 Å². The number of hydrogen-bond acceptors (Lipinski definition) is 4. The molecule has 2 amide bonds. The zero-order valence-electron chi connectivity index (χ0n) is 28.1. The second-order valence-corrected chi connectivity index (χ2v) is 13.6. The minimum atomic E-state index is -5.13. The van der Waals surface area contributed by atoms with Crippen LogP contribution in [0.3, 0.4) is 0 Å². The summed E-state index contributed by atoms with van der Waals surface area (Å²) in [7, 11) is 0. The Labute approximate surface area is 296 Å². The summed E-state index contributed by atoms with van der Waals surface area (Å²) in [5.74, 6) is -3.86. The number of phenols is 1. The van der Waals surface area contributed by atoms with Crippen LogP contribution in [0.15, 0.2) is 96.1 Å². The maximum Gasteiger partial charge on any atom is 0.416 e. The van der Waals surface area contributed by atoms with Crippen LogP contribution in [0, 0.1) is 17.8 Å². The van der Waals surface area contributed by atoms with Crippen LogP contribution in [-0.2, 0) is 26.7 Å². The SMILES string of the molecule is CCCC1=C2[C@@H](CC/C(=C/c3ccc(O)c4ccccc34)c3ccccc3)OC[C@@H]2[C@@H]2C(=O)N(c3cc(C(F)(F)F)cc(C(F)(F)F)c3)C(=O)[C@@H]2C1. The van der Waals surface area contributed by atoms with E-state index < -0.39 is 64.8 Å². The van der Waals surface area contributed by atoms with Crippen LogP contribution < -0.4 is 4.90 Å². The number of phenolic OH excluding ortho intramolecular Hbond substituents is 1. The monoisotopic (exact) mass is 719 g/mol. The quantitative estimate of drug-likeness (QED) is 0.0852. The number of halogens is 6. The van der Waals surface area contributed by atoms with Gasteiger partial charge in [0.2, 0.25) is 11.8 Å². The number of fused-ring (bicyclic) bond motifs is 4. The highest BCUT2D eigenvalue weighted by atomic mass is 19.4. The minimum absolute atomic E-state index is 0.0156. The van der Waals surface area contributed by atoms with Crippen LogP contribution in [0.1, 0.15) is 61.3 Å². The van der Waals surface area contributed by atoms with Crippen LogP contribution >= 0.6 is 0 Å². The van der Waals surface area contributed by atoms with Gasteiger partial charge in [0.1, 0.15) is 5.75 Å². The molecule has 0 spiro atoms. The van der Waals surface area contributed by atoms with Gasteiger partial charge in [-0.05, 0) is 77.6 Å². The summed E-state index contributed by atoms with van der Waals surface area (Å²) in [6.07, 6.45) is -5.97. The molecule has 52 heavy (non-hydrogen) atoms. The van der Waals surface area contributed by atoms with Gasteiger partial charge in [0, 0.05) is 11.3 Å². The molecule has 270 valence electrons. The van der Waals surface area contributed by atoms with E-state index in [-0.39, 0.29) is 24.8 Å². The van der Waals surface area contributed by atoms with Crippen molar-refractivity contribution in [3.63, 3.8) is 0 Å². The number of nitrogens with zero attached hydrogens (tertiary/aromatic N) is 1. The Morgan fingerprint density at radius 1 is 0.846 bits per heavy atom. The normalized spacial score (nSPS) is 22.4. The van der Waals surface area contributed by atoms with E-state index in [0.717, 1.165) is 45.0 Å². The number of aromatic hydroxyl groups is 1. The number of hydrogen-bond donors (Lipinski definition) is 1. The molecule has 1 N–H and O–H groups in total.